The van der Waals surface area contributed by atoms with E-state index in [4.69, 9.17) is 13.3 Å². The van der Waals surface area contributed by atoms with Crippen LogP contribution in [-0.4, -0.2) is 42.8 Å². The van der Waals surface area contributed by atoms with Crippen molar-refractivity contribution in [1.29, 1.82) is 0 Å². The molecule has 0 spiro atoms. The zero-order valence-electron chi connectivity index (χ0n) is 37.1. The second-order valence-electron chi connectivity index (χ2n) is 22.0. The largest absolute Gasteiger partial charge is 0.413 e. The molecule has 3 nitrogen and oxygen atoms in total. The maximum Gasteiger partial charge on any atom is 0.193 e. The summed E-state index contributed by atoms with van der Waals surface area (Å²) in [6.45, 7) is 46.8. The summed E-state index contributed by atoms with van der Waals surface area (Å²) in [6.07, 6.45) is 13.8. The smallest absolute Gasteiger partial charge is 0.193 e. The van der Waals surface area contributed by atoms with Gasteiger partial charge in [-0.1, -0.05) is 94.1 Å². The molecule has 0 aromatic heterocycles. The third-order valence-electron chi connectivity index (χ3n) is 14.3. The summed E-state index contributed by atoms with van der Waals surface area (Å²) in [4.78, 5) is 0. The molecule has 6 heteroatoms. The van der Waals surface area contributed by atoms with Crippen molar-refractivity contribution >= 4 is 25.0 Å². The maximum absolute atomic E-state index is 7.14. The van der Waals surface area contributed by atoms with Gasteiger partial charge in [0, 0.05) is 24.0 Å². The molecular weight excluding hydrogens is 673 g/mol. The lowest BCUT2D eigenvalue weighted by atomic mass is 9.62. The summed E-state index contributed by atoms with van der Waals surface area (Å²) >= 11 is 0. The van der Waals surface area contributed by atoms with Crippen LogP contribution in [0.1, 0.15) is 135 Å². The minimum absolute atomic E-state index is 0.0677. The van der Waals surface area contributed by atoms with E-state index in [0.29, 0.717) is 17.8 Å². The van der Waals surface area contributed by atoms with E-state index in [2.05, 4.69) is 172 Å². The molecule has 1 saturated carbocycles. The molecule has 0 unspecified atom stereocenters. The fourth-order valence-electron chi connectivity index (χ4n) is 7.91. The standard InChI is InChI=1S/C45H80O3Si3/c1-33(23-21-29-44(12,13)48-51(19,20)43(9,10)11)38-27-28-39-35(24-22-30-45(38,39)14)25-26-36-31-37(46-49(15,16)41(3,4)5)32-40(34(36)2)47-50(17,18)42(6,7)8/h23-24,29,33,37-40H,22,27-28,30-32H2,1-20H3/t21?,33-,37-,38-,39+,40+,45-/m1/s1. The summed E-state index contributed by atoms with van der Waals surface area (Å²) < 4.78 is 21.0. The fraction of sp³-hybridized carbons (Fsp3) is 0.800. The van der Waals surface area contributed by atoms with E-state index in [-0.39, 0.29) is 38.3 Å². The van der Waals surface area contributed by atoms with Crippen LogP contribution in [0.5, 0.6) is 0 Å². The Hall–Kier alpha value is -0.909. The van der Waals surface area contributed by atoms with Crippen molar-refractivity contribution in [3.8, 4) is 11.8 Å². The molecule has 0 saturated heterocycles. The monoisotopic (exact) mass is 753 g/mol. The van der Waals surface area contributed by atoms with E-state index in [9.17, 15) is 0 Å². The van der Waals surface area contributed by atoms with Crippen LogP contribution in [0.25, 0.3) is 0 Å². The quantitative estimate of drug-likeness (QED) is 0.133. The van der Waals surface area contributed by atoms with Crippen molar-refractivity contribution in [3.63, 3.8) is 0 Å². The van der Waals surface area contributed by atoms with Crippen LogP contribution in [0, 0.1) is 35.0 Å². The van der Waals surface area contributed by atoms with Crippen molar-refractivity contribution in [2.45, 2.75) is 208 Å². The van der Waals surface area contributed by atoms with E-state index in [0.717, 1.165) is 19.3 Å². The fourth-order valence-corrected chi connectivity index (χ4v) is 12.3. The first-order chi connectivity index (χ1) is 22.8. The molecule has 3 aliphatic carbocycles. The van der Waals surface area contributed by atoms with Crippen LogP contribution < -0.4 is 0 Å². The Labute approximate surface area is 320 Å². The van der Waals surface area contributed by atoms with Gasteiger partial charge in [-0.25, -0.2) is 0 Å². The Morgan fingerprint density at radius 1 is 0.804 bits per heavy atom. The number of hydrogen-bond acceptors (Lipinski definition) is 3. The third kappa shape index (κ3) is 10.4. The van der Waals surface area contributed by atoms with Gasteiger partial charge in [0.15, 0.2) is 25.0 Å². The van der Waals surface area contributed by atoms with Gasteiger partial charge in [0.05, 0.1) is 17.8 Å². The number of allylic oxidation sites excluding steroid dienone is 2. The predicted molar refractivity (Wildman–Crippen MR) is 230 cm³/mol. The lowest BCUT2D eigenvalue weighted by Crippen LogP contribution is -2.49. The summed E-state index contributed by atoms with van der Waals surface area (Å²) in [6, 6.07) is 0. The van der Waals surface area contributed by atoms with Gasteiger partial charge in [-0.3, -0.25) is 0 Å². The minimum atomic E-state index is -1.98. The van der Waals surface area contributed by atoms with Crippen LogP contribution in [0.15, 0.2) is 40.7 Å². The highest BCUT2D eigenvalue weighted by Gasteiger charge is 2.50. The average molecular weight is 753 g/mol. The second-order valence-corrected chi connectivity index (χ2v) is 36.2. The Balaban J connectivity index is 1.88. The van der Waals surface area contributed by atoms with Gasteiger partial charge in [0.2, 0.25) is 0 Å². The van der Waals surface area contributed by atoms with E-state index >= 15 is 0 Å². The molecule has 0 aliphatic heterocycles. The zero-order chi connectivity index (χ0) is 39.2. The van der Waals surface area contributed by atoms with Crippen LogP contribution in [0.3, 0.4) is 0 Å². The van der Waals surface area contributed by atoms with Crippen molar-refractivity contribution in [3.05, 3.63) is 40.7 Å². The van der Waals surface area contributed by atoms with Gasteiger partial charge in [0.1, 0.15) is 0 Å². The molecule has 290 valence electrons. The minimum Gasteiger partial charge on any atom is -0.413 e. The molecule has 51 heavy (non-hydrogen) atoms. The molecular formula is C45H80O3Si3. The predicted octanol–water partition coefficient (Wildman–Crippen LogP) is 13.8. The van der Waals surface area contributed by atoms with E-state index in [1.165, 1.54) is 36.0 Å². The van der Waals surface area contributed by atoms with E-state index < -0.39 is 25.0 Å². The van der Waals surface area contributed by atoms with Crippen molar-refractivity contribution < 1.29 is 13.3 Å². The number of fused-ring (bicyclic) bond motifs is 1. The molecule has 0 amide bonds. The van der Waals surface area contributed by atoms with Gasteiger partial charge < -0.3 is 13.3 Å². The van der Waals surface area contributed by atoms with E-state index in [1.54, 1.807) is 0 Å². The van der Waals surface area contributed by atoms with Gasteiger partial charge in [-0.2, -0.15) is 0 Å². The molecule has 1 fully saturated rings. The van der Waals surface area contributed by atoms with E-state index in [1.807, 2.05) is 0 Å². The van der Waals surface area contributed by atoms with Crippen molar-refractivity contribution in [2.75, 3.05) is 0 Å². The van der Waals surface area contributed by atoms with Crippen molar-refractivity contribution in [2.24, 2.45) is 23.2 Å². The van der Waals surface area contributed by atoms with Gasteiger partial charge in [-0.05, 0) is 142 Å². The van der Waals surface area contributed by atoms with Crippen molar-refractivity contribution in [1.82, 2.24) is 0 Å². The third-order valence-corrected chi connectivity index (χ3v) is 28.0. The lowest BCUT2D eigenvalue weighted by Gasteiger charge is -2.45. The lowest BCUT2D eigenvalue weighted by molar-refractivity contribution is 0.0989. The molecule has 6 atom stereocenters. The van der Waals surface area contributed by atoms with Gasteiger partial charge >= 0.3 is 0 Å². The Kier molecular flexibility index (Phi) is 13.4. The summed E-state index contributed by atoms with van der Waals surface area (Å²) in [5.41, 5.74) is 7.49. The highest BCUT2D eigenvalue weighted by atomic mass is 28.4. The second kappa shape index (κ2) is 15.3. The molecule has 3 rings (SSSR count). The molecule has 0 aromatic carbocycles. The summed E-state index contributed by atoms with van der Waals surface area (Å²) in [5.74, 6) is 9.22. The molecule has 0 bridgehead atoms. The first kappa shape index (κ1) is 44.5. The SMILES string of the molecule is CC1=C(C#CC2=CCC[C@]3(C)[C@@H]([C@H](C)C=C=CC(C)(C)O[Si](C)(C)C(C)(C)C)CC[C@@H]23)C[C@@H](O[Si](C)(C)C(C)(C)C)C[C@@H]1O[Si](C)(C)C(C)(C)C. The first-order valence-electron chi connectivity index (χ1n) is 20.2. The topological polar surface area (TPSA) is 27.7 Å². The molecule has 0 aromatic rings. The molecule has 3 aliphatic rings. The van der Waals surface area contributed by atoms with Gasteiger partial charge in [0.25, 0.3) is 0 Å². The Morgan fingerprint density at radius 2 is 1.35 bits per heavy atom. The average Bonchev–Trinajstić information content (AvgIpc) is 3.28. The molecule has 0 N–H and O–H groups in total. The molecule has 0 radical (unpaired) electrons. The molecule has 0 heterocycles. The van der Waals surface area contributed by atoms with Crippen LogP contribution in [0.2, 0.25) is 54.4 Å². The highest BCUT2D eigenvalue weighted by Crippen LogP contribution is 2.58. The van der Waals surface area contributed by atoms with Gasteiger partial charge in [-0.15, -0.1) is 5.73 Å². The summed E-state index contributed by atoms with van der Waals surface area (Å²) in [5, 5.41) is 0.502. The zero-order valence-corrected chi connectivity index (χ0v) is 40.1. The number of hydrogen-bond donors (Lipinski definition) is 0. The highest BCUT2D eigenvalue weighted by molar-refractivity contribution is 6.75. The normalized spacial score (nSPS) is 27.6. The Bertz CT molecular complexity index is 1440. The number of rotatable bonds is 9. The van der Waals surface area contributed by atoms with Crippen LogP contribution in [0.4, 0.5) is 0 Å². The van der Waals surface area contributed by atoms with Crippen LogP contribution >= 0.6 is 0 Å². The maximum atomic E-state index is 7.14. The first-order valence-corrected chi connectivity index (χ1v) is 29.0. The van der Waals surface area contributed by atoms with Crippen LogP contribution in [-0.2, 0) is 13.3 Å². The Morgan fingerprint density at radius 3 is 1.90 bits per heavy atom. The summed E-state index contributed by atoms with van der Waals surface area (Å²) in [7, 11) is -5.81.